The van der Waals surface area contributed by atoms with E-state index in [9.17, 15) is 5.11 Å². The van der Waals surface area contributed by atoms with E-state index in [4.69, 9.17) is 4.42 Å². The molecule has 3 rings (SSSR count). The first-order valence-corrected chi connectivity index (χ1v) is 9.12. The van der Waals surface area contributed by atoms with Crippen LogP contribution in [0.3, 0.4) is 0 Å². The fourth-order valence-electron chi connectivity index (χ4n) is 3.45. The standard InChI is InChI=1S/C20H28N2O2/c1-15-8-10-17(11-9-15)20-22-18(14-24-20)13-21-12-4-6-16-5-2-3-7-19(16)23/h8-11,14,16,19,21,23H,2-7,12-13H2,1H3. The summed E-state index contributed by atoms with van der Waals surface area (Å²) in [6.45, 7) is 3.75. The van der Waals surface area contributed by atoms with Gasteiger partial charge >= 0.3 is 0 Å². The van der Waals surface area contributed by atoms with Crippen LogP contribution in [0, 0.1) is 12.8 Å². The number of rotatable bonds is 7. The summed E-state index contributed by atoms with van der Waals surface area (Å²) in [6.07, 6.45) is 8.50. The summed E-state index contributed by atoms with van der Waals surface area (Å²) in [5.41, 5.74) is 3.18. The number of oxazole rings is 1. The van der Waals surface area contributed by atoms with Gasteiger partial charge in [-0.1, -0.05) is 30.5 Å². The Kier molecular flexibility index (Phi) is 6.05. The quantitative estimate of drug-likeness (QED) is 0.752. The fourth-order valence-corrected chi connectivity index (χ4v) is 3.45. The first-order chi connectivity index (χ1) is 11.7. The zero-order chi connectivity index (χ0) is 16.8. The van der Waals surface area contributed by atoms with Crippen molar-refractivity contribution in [3.63, 3.8) is 0 Å². The average molecular weight is 328 g/mol. The minimum atomic E-state index is -0.0774. The molecule has 1 aliphatic rings. The molecule has 2 unspecified atom stereocenters. The molecule has 1 fully saturated rings. The highest BCUT2D eigenvalue weighted by molar-refractivity contribution is 5.53. The first-order valence-electron chi connectivity index (χ1n) is 9.12. The van der Waals surface area contributed by atoms with Gasteiger partial charge in [0, 0.05) is 12.1 Å². The van der Waals surface area contributed by atoms with Crippen molar-refractivity contribution in [3.8, 4) is 11.5 Å². The smallest absolute Gasteiger partial charge is 0.226 e. The predicted octanol–water partition coefficient (Wildman–Crippen LogP) is 4.07. The molecule has 1 aromatic heterocycles. The zero-order valence-corrected chi connectivity index (χ0v) is 14.5. The molecule has 0 aliphatic heterocycles. The largest absolute Gasteiger partial charge is 0.444 e. The summed E-state index contributed by atoms with van der Waals surface area (Å²) in [4.78, 5) is 4.54. The van der Waals surface area contributed by atoms with Crippen LogP contribution in [0.4, 0.5) is 0 Å². The van der Waals surface area contributed by atoms with Gasteiger partial charge in [-0.05, 0) is 57.2 Å². The highest BCUT2D eigenvalue weighted by Crippen LogP contribution is 2.27. The number of hydrogen-bond donors (Lipinski definition) is 2. The summed E-state index contributed by atoms with van der Waals surface area (Å²) in [5.74, 6) is 1.18. The number of benzene rings is 1. The SMILES string of the molecule is Cc1ccc(-c2nc(CNCCCC3CCCCC3O)co2)cc1. The van der Waals surface area contributed by atoms with E-state index in [1.807, 2.05) is 12.1 Å². The van der Waals surface area contributed by atoms with Crippen LogP contribution in [0.5, 0.6) is 0 Å². The second-order valence-electron chi connectivity index (χ2n) is 6.94. The molecular weight excluding hydrogens is 300 g/mol. The Morgan fingerprint density at radius 2 is 2.00 bits per heavy atom. The molecular formula is C20H28N2O2. The maximum Gasteiger partial charge on any atom is 0.226 e. The molecule has 0 spiro atoms. The normalized spacial score (nSPS) is 21.1. The highest BCUT2D eigenvalue weighted by Gasteiger charge is 2.22. The number of aryl methyl sites for hydroxylation is 1. The second-order valence-corrected chi connectivity index (χ2v) is 6.94. The van der Waals surface area contributed by atoms with Gasteiger partial charge in [0.1, 0.15) is 6.26 Å². The number of aromatic nitrogens is 1. The van der Waals surface area contributed by atoms with Gasteiger partial charge in [0.25, 0.3) is 0 Å². The molecule has 2 N–H and O–H groups in total. The third-order valence-electron chi connectivity index (χ3n) is 4.95. The Bertz CT molecular complexity index is 621. The lowest BCUT2D eigenvalue weighted by Gasteiger charge is -2.27. The van der Waals surface area contributed by atoms with E-state index in [2.05, 4.69) is 29.4 Å². The van der Waals surface area contributed by atoms with Crippen molar-refractivity contribution in [3.05, 3.63) is 41.8 Å². The van der Waals surface area contributed by atoms with Crippen LogP contribution in [0.1, 0.15) is 49.8 Å². The summed E-state index contributed by atoms with van der Waals surface area (Å²) in [6, 6.07) is 8.20. The van der Waals surface area contributed by atoms with Crippen LogP contribution in [-0.4, -0.2) is 22.7 Å². The van der Waals surface area contributed by atoms with E-state index in [0.29, 0.717) is 11.8 Å². The van der Waals surface area contributed by atoms with E-state index in [0.717, 1.165) is 43.6 Å². The number of hydrogen-bond acceptors (Lipinski definition) is 4. The Hall–Kier alpha value is -1.65. The van der Waals surface area contributed by atoms with Crippen molar-refractivity contribution >= 4 is 0 Å². The Morgan fingerprint density at radius 3 is 2.79 bits per heavy atom. The lowest BCUT2D eigenvalue weighted by atomic mass is 9.83. The van der Waals surface area contributed by atoms with Gasteiger partial charge in [0.2, 0.25) is 5.89 Å². The van der Waals surface area contributed by atoms with Gasteiger partial charge in [-0.15, -0.1) is 0 Å². The minimum Gasteiger partial charge on any atom is -0.444 e. The Balaban J connectivity index is 1.39. The van der Waals surface area contributed by atoms with Gasteiger partial charge in [0.15, 0.2) is 0 Å². The fraction of sp³-hybridized carbons (Fsp3) is 0.550. The van der Waals surface area contributed by atoms with Crippen LogP contribution in [0.2, 0.25) is 0 Å². The van der Waals surface area contributed by atoms with Crippen LogP contribution in [0.15, 0.2) is 34.9 Å². The summed E-state index contributed by atoms with van der Waals surface area (Å²) in [7, 11) is 0. The number of nitrogens with one attached hydrogen (secondary N) is 1. The number of aliphatic hydroxyl groups excluding tert-OH is 1. The molecule has 4 nitrogen and oxygen atoms in total. The first kappa shape index (κ1) is 17.2. The van der Waals surface area contributed by atoms with Gasteiger partial charge in [-0.2, -0.15) is 0 Å². The van der Waals surface area contributed by atoms with Crippen LogP contribution in [-0.2, 0) is 6.54 Å². The zero-order valence-electron chi connectivity index (χ0n) is 14.5. The number of aliphatic hydroxyl groups is 1. The Labute approximate surface area is 144 Å². The van der Waals surface area contributed by atoms with Crippen LogP contribution < -0.4 is 5.32 Å². The molecule has 2 atom stereocenters. The predicted molar refractivity (Wildman–Crippen MR) is 95.6 cm³/mol. The molecule has 24 heavy (non-hydrogen) atoms. The molecule has 0 bridgehead atoms. The van der Waals surface area contributed by atoms with Gasteiger partial charge < -0.3 is 14.8 Å². The molecule has 2 aromatic rings. The third-order valence-corrected chi connectivity index (χ3v) is 4.95. The van der Waals surface area contributed by atoms with Crippen molar-refractivity contribution in [1.29, 1.82) is 0 Å². The van der Waals surface area contributed by atoms with Crippen molar-refractivity contribution in [2.24, 2.45) is 5.92 Å². The molecule has 1 aliphatic carbocycles. The van der Waals surface area contributed by atoms with Gasteiger partial charge in [-0.3, -0.25) is 0 Å². The van der Waals surface area contributed by atoms with Crippen LogP contribution in [0.25, 0.3) is 11.5 Å². The average Bonchev–Trinajstić information content (AvgIpc) is 3.06. The Morgan fingerprint density at radius 1 is 1.21 bits per heavy atom. The molecule has 0 radical (unpaired) electrons. The van der Waals surface area contributed by atoms with E-state index >= 15 is 0 Å². The number of nitrogens with zero attached hydrogens (tertiary/aromatic N) is 1. The van der Waals surface area contributed by atoms with Gasteiger partial charge in [0.05, 0.1) is 11.8 Å². The maximum atomic E-state index is 9.99. The van der Waals surface area contributed by atoms with E-state index < -0.39 is 0 Å². The van der Waals surface area contributed by atoms with Gasteiger partial charge in [-0.25, -0.2) is 4.98 Å². The minimum absolute atomic E-state index is 0.0774. The van der Waals surface area contributed by atoms with Crippen molar-refractivity contribution in [2.75, 3.05) is 6.54 Å². The van der Waals surface area contributed by atoms with Crippen molar-refractivity contribution in [1.82, 2.24) is 10.3 Å². The summed E-state index contributed by atoms with van der Waals surface area (Å²) < 4.78 is 5.57. The maximum absolute atomic E-state index is 9.99. The molecule has 1 aromatic carbocycles. The molecule has 1 saturated carbocycles. The summed E-state index contributed by atoms with van der Waals surface area (Å²) in [5, 5.41) is 13.4. The monoisotopic (exact) mass is 328 g/mol. The third kappa shape index (κ3) is 4.68. The molecule has 0 amide bonds. The van der Waals surface area contributed by atoms with Crippen molar-refractivity contribution < 1.29 is 9.52 Å². The van der Waals surface area contributed by atoms with E-state index in [1.54, 1.807) is 6.26 Å². The van der Waals surface area contributed by atoms with Crippen LogP contribution >= 0.6 is 0 Å². The lowest BCUT2D eigenvalue weighted by molar-refractivity contribution is 0.0643. The topological polar surface area (TPSA) is 58.3 Å². The lowest BCUT2D eigenvalue weighted by Crippen LogP contribution is -2.25. The second kappa shape index (κ2) is 8.45. The summed E-state index contributed by atoms with van der Waals surface area (Å²) >= 11 is 0. The van der Waals surface area contributed by atoms with E-state index in [1.165, 1.54) is 24.8 Å². The molecule has 1 heterocycles. The molecule has 0 saturated heterocycles. The highest BCUT2D eigenvalue weighted by atomic mass is 16.3. The molecule has 130 valence electrons. The van der Waals surface area contributed by atoms with E-state index in [-0.39, 0.29) is 6.10 Å². The molecule has 4 heteroatoms. The van der Waals surface area contributed by atoms with Crippen molar-refractivity contribution in [2.45, 2.75) is 58.1 Å².